The van der Waals surface area contributed by atoms with Crippen LogP contribution in [0.5, 0.6) is 5.75 Å². The predicted octanol–water partition coefficient (Wildman–Crippen LogP) is 6.51. The van der Waals surface area contributed by atoms with Crippen molar-refractivity contribution in [3.05, 3.63) is 100 Å². The van der Waals surface area contributed by atoms with E-state index in [0.29, 0.717) is 23.6 Å². The number of aromatic amines is 1. The van der Waals surface area contributed by atoms with Crippen LogP contribution in [0.4, 0.5) is 5.69 Å². The Morgan fingerprint density at radius 1 is 0.973 bits per heavy atom. The molecule has 1 atom stereocenters. The molecule has 4 aromatic rings. The van der Waals surface area contributed by atoms with E-state index in [1.54, 1.807) is 24.3 Å². The number of aromatic nitrogens is 1. The molecule has 1 saturated heterocycles. The molecule has 1 amide bonds. The number of hydrogen-bond donors (Lipinski definition) is 2. The van der Waals surface area contributed by atoms with Gasteiger partial charge < -0.3 is 14.8 Å². The maximum Gasteiger partial charge on any atom is 0.300 e. The first-order chi connectivity index (χ1) is 17.8. The lowest BCUT2D eigenvalue weighted by atomic mass is 9.93. The minimum absolute atomic E-state index is 0.0679. The SMILES string of the molecule is CCCOc1ccc(/C(O)=C2\C(=O)C(=O)N(c3ccc(C)c(C)c3)C2c2c(C)[nH]c3ccccc23)cc1. The molecule has 1 aliphatic rings. The molecule has 5 rings (SSSR count). The number of benzene rings is 3. The molecule has 0 spiro atoms. The molecule has 2 N–H and O–H groups in total. The molecule has 6 heteroatoms. The van der Waals surface area contributed by atoms with Crippen LogP contribution in [0.3, 0.4) is 0 Å². The highest BCUT2D eigenvalue weighted by Crippen LogP contribution is 2.45. The van der Waals surface area contributed by atoms with Crippen LogP contribution in [-0.4, -0.2) is 28.4 Å². The van der Waals surface area contributed by atoms with Crippen molar-refractivity contribution in [3.63, 3.8) is 0 Å². The molecular weight excluding hydrogens is 464 g/mol. The fourth-order valence-corrected chi connectivity index (χ4v) is 4.98. The van der Waals surface area contributed by atoms with Crippen LogP contribution in [0.25, 0.3) is 16.7 Å². The van der Waals surface area contributed by atoms with Crippen molar-refractivity contribution in [1.82, 2.24) is 4.98 Å². The zero-order valence-corrected chi connectivity index (χ0v) is 21.5. The predicted molar refractivity (Wildman–Crippen MR) is 146 cm³/mol. The Morgan fingerprint density at radius 2 is 1.70 bits per heavy atom. The number of nitrogens with zero attached hydrogens (tertiary/aromatic N) is 1. The Labute approximate surface area is 216 Å². The molecule has 188 valence electrons. The number of rotatable bonds is 6. The van der Waals surface area contributed by atoms with Gasteiger partial charge in [0.05, 0.1) is 18.2 Å². The third-order valence-electron chi connectivity index (χ3n) is 7.03. The first-order valence-corrected chi connectivity index (χ1v) is 12.5. The smallest absolute Gasteiger partial charge is 0.300 e. The standard InChI is InChI=1S/C31H30N2O4/c1-5-16-37-23-14-11-21(12-15-23)29(34)27-28(26-20(4)32-25-9-7-6-8-24(25)26)33(31(36)30(27)35)22-13-10-18(2)19(3)17-22/h6-15,17,28,32,34H,5,16H2,1-4H3/b29-27+. The summed E-state index contributed by atoms with van der Waals surface area (Å²) >= 11 is 0. The lowest BCUT2D eigenvalue weighted by molar-refractivity contribution is -0.132. The number of aliphatic hydroxyl groups excluding tert-OH is 1. The lowest BCUT2D eigenvalue weighted by Crippen LogP contribution is -2.29. The highest BCUT2D eigenvalue weighted by molar-refractivity contribution is 6.52. The van der Waals surface area contributed by atoms with Gasteiger partial charge in [-0.1, -0.05) is 31.2 Å². The first kappa shape index (κ1) is 24.4. The fourth-order valence-electron chi connectivity index (χ4n) is 4.98. The summed E-state index contributed by atoms with van der Waals surface area (Å²) < 4.78 is 5.66. The normalized spacial score (nSPS) is 17.1. The molecule has 2 heterocycles. The third-order valence-corrected chi connectivity index (χ3v) is 7.03. The molecule has 0 saturated carbocycles. The molecule has 1 aliphatic heterocycles. The summed E-state index contributed by atoms with van der Waals surface area (Å²) in [4.78, 5) is 32.0. The second-order valence-electron chi connectivity index (χ2n) is 9.52. The van der Waals surface area contributed by atoms with Crippen molar-refractivity contribution in [2.45, 2.75) is 40.2 Å². The zero-order chi connectivity index (χ0) is 26.3. The first-order valence-electron chi connectivity index (χ1n) is 12.5. The summed E-state index contributed by atoms with van der Waals surface area (Å²) in [6.45, 7) is 8.52. The summed E-state index contributed by atoms with van der Waals surface area (Å²) in [6, 6.07) is 19.6. The molecule has 0 bridgehead atoms. The average Bonchev–Trinajstić information content (AvgIpc) is 3.36. The quantitative estimate of drug-likeness (QED) is 0.182. The number of carbonyl (C=O) groups excluding carboxylic acids is 2. The van der Waals surface area contributed by atoms with E-state index in [-0.39, 0.29) is 11.3 Å². The average molecular weight is 495 g/mol. The van der Waals surface area contributed by atoms with E-state index in [9.17, 15) is 14.7 Å². The number of fused-ring (bicyclic) bond motifs is 1. The number of aryl methyl sites for hydroxylation is 3. The molecule has 0 aliphatic carbocycles. The molecular formula is C31H30N2O4. The summed E-state index contributed by atoms with van der Waals surface area (Å²) in [6.07, 6.45) is 0.883. The summed E-state index contributed by atoms with van der Waals surface area (Å²) in [7, 11) is 0. The molecule has 1 aromatic heterocycles. The van der Waals surface area contributed by atoms with Gasteiger partial charge in [0, 0.05) is 33.4 Å². The molecule has 0 radical (unpaired) electrons. The fraction of sp³-hybridized carbons (Fsp3) is 0.226. The summed E-state index contributed by atoms with van der Waals surface area (Å²) in [5, 5.41) is 12.4. The van der Waals surface area contributed by atoms with E-state index < -0.39 is 17.7 Å². The van der Waals surface area contributed by atoms with Gasteiger partial charge in [-0.2, -0.15) is 0 Å². The monoisotopic (exact) mass is 494 g/mol. The van der Waals surface area contributed by atoms with Gasteiger partial charge in [-0.15, -0.1) is 0 Å². The molecule has 1 unspecified atom stereocenters. The Balaban J connectivity index is 1.73. The van der Waals surface area contributed by atoms with Gasteiger partial charge >= 0.3 is 0 Å². The van der Waals surface area contributed by atoms with Crippen molar-refractivity contribution in [3.8, 4) is 5.75 Å². The summed E-state index contributed by atoms with van der Waals surface area (Å²) in [5.41, 5.74) is 5.75. The maximum absolute atomic E-state index is 13.6. The molecule has 6 nitrogen and oxygen atoms in total. The number of amides is 1. The van der Waals surface area contributed by atoms with Crippen molar-refractivity contribution in [2.75, 3.05) is 11.5 Å². The van der Waals surface area contributed by atoms with E-state index >= 15 is 0 Å². The van der Waals surface area contributed by atoms with Gasteiger partial charge in [-0.05, 0) is 80.8 Å². The Morgan fingerprint density at radius 3 is 2.41 bits per heavy atom. The number of hydrogen-bond acceptors (Lipinski definition) is 4. The number of ether oxygens (including phenoxy) is 1. The Hall–Kier alpha value is -4.32. The van der Waals surface area contributed by atoms with Gasteiger partial charge in [0.25, 0.3) is 11.7 Å². The number of Topliss-reactive ketones (excluding diaryl/α,β-unsaturated/α-hetero) is 1. The highest BCUT2D eigenvalue weighted by Gasteiger charge is 2.48. The van der Waals surface area contributed by atoms with E-state index in [1.807, 2.05) is 70.2 Å². The lowest BCUT2D eigenvalue weighted by Gasteiger charge is -2.26. The van der Waals surface area contributed by atoms with Crippen molar-refractivity contribution in [2.24, 2.45) is 0 Å². The van der Waals surface area contributed by atoms with E-state index in [4.69, 9.17) is 4.74 Å². The van der Waals surface area contributed by atoms with Gasteiger partial charge in [0.2, 0.25) is 0 Å². The minimum atomic E-state index is -0.797. The highest BCUT2D eigenvalue weighted by atomic mass is 16.5. The van der Waals surface area contributed by atoms with E-state index in [2.05, 4.69) is 4.98 Å². The molecule has 3 aromatic carbocycles. The van der Waals surface area contributed by atoms with Crippen molar-refractivity contribution in [1.29, 1.82) is 0 Å². The van der Waals surface area contributed by atoms with Gasteiger partial charge in [-0.25, -0.2) is 0 Å². The molecule has 37 heavy (non-hydrogen) atoms. The van der Waals surface area contributed by atoms with E-state index in [0.717, 1.165) is 39.7 Å². The maximum atomic E-state index is 13.6. The van der Waals surface area contributed by atoms with Crippen LogP contribution in [0, 0.1) is 20.8 Å². The van der Waals surface area contributed by atoms with Crippen molar-refractivity contribution >= 4 is 34.0 Å². The van der Waals surface area contributed by atoms with Crippen LogP contribution in [0.1, 0.15) is 47.3 Å². The second-order valence-corrected chi connectivity index (χ2v) is 9.52. The minimum Gasteiger partial charge on any atom is -0.507 e. The number of nitrogens with one attached hydrogen (secondary N) is 1. The number of H-pyrrole nitrogens is 1. The zero-order valence-electron chi connectivity index (χ0n) is 21.5. The molecule has 1 fully saturated rings. The largest absolute Gasteiger partial charge is 0.507 e. The van der Waals surface area contributed by atoms with E-state index in [1.165, 1.54) is 4.90 Å². The number of para-hydroxylation sites is 1. The third kappa shape index (κ3) is 4.18. The number of ketones is 1. The Bertz CT molecular complexity index is 1550. The van der Waals surface area contributed by atoms with Gasteiger partial charge in [0.15, 0.2) is 0 Å². The summed E-state index contributed by atoms with van der Waals surface area (Å²) in [5.74, 6) is -0.904. The topological polar surface area (TPSA) is 82.6 Å². The number of anilines is 1. The number of carbonyl (C=O) groups is 2. The van der Waals surface area contributed by atoms with Crippen LogP contribution in [0.15, 0.2) is 72.3 Å². The van der Waals surface area contributed by atoms with Crippen LogP contribution < -0.4 is 9.64 Å². The van der Waals surface area contributed by atoms with Crippen LogP contribution in [0.2, 0.25) is 0 Å². The van der Waals surface area contributed by atoms with Crippen LogP contribution >= 0.6 is 0 Å². The Kier molecular flexibility index (Phi) is 6.34. The van der Waals surface area contributed by atoms with Crippen LogP contribution in [-0.2, 0) is 9.59 Å². The van der Waals surface area contributed by atoms with Crippen molar-refractivity contribution < 1.29 is 19.4 Å². The van der Waals surface area contributed by atoms with Gasteiger partial charge in [-0.3, -0.25) is 14.5 Å². The van der Waals surface area contributed by atoms with Gasteiger partial charge in [0.1, 0.15) is 11.5 Å². The second kappa shape index (κ2) is 9.62. The number of aliphatic hydroxyl groups is 1.